The SMILES string of the molecule is CCCCN1CC2(CCCN(C(=O)Cn3cccnc3=O)C2)CCC1=O. The van der Waals surface area contributed by atoms with E-state index in [9.17, 15) is 14.4 Å². The molecule has 3 heterocycles. The van der Waals surface area contributed by atoms with Crippen molar-refractivity contribution in [3.63, 3.8) is 0 Å². The second kappa shape index (κ2) is 8.01. The number of unbranched alkanes of at least 4 members (excludes halogenated alkanes) is 1. The fourth-order valence-corrected chi connectivity index (χ4v) is 4.16. The van der Waals surface area contributed by atoms with E-state index in [0.717, 1.165) is 51.7 Å². The van der Waals surface area contributed by atoms with Crippen molar-refractivity contribution in [3.8, 4) is 0 Å². The first kappa shape index (κ1) is 18.6. The summed E-state index contributed by atoms with van der Waals surface area (Å²) in [5, 5.41) is 0. The van der Waals surface area contributed by atoms with Crippen LogP contribution in [-0.4, -0.2) is 57.3 Å². The predicted octanol–water partition coefficient (Wildman–Crippen LogP) is 1.27. The molecule has 1 atom stereocenters. The number of amides is 2. The molecule has 7 heteroatoms. The average molecular weight is 360 g/mol. The van der Waals surface area contributed by atoms with Crippen LogP contribution in [0.1, 0.15) is 45.4 Å². The molecule has 1 aromatic heterocycles. The van der Waals surface area contributed by atoms with Gasteiger partial charge in [0.25, 0.3) is 0 Å². The van der Waals surface area contributed by atoms with Crippen molar-refractivity contribution < 1.29 is 9.59 Å². The Morgan fingerprint density at radius 3 is 2.88 bits per heavy atom. The van der Waals surface area contributed by atoms with Gasteiger partial charge in [0.1, 0.15) is 6.54 Å². The van der Waals surface area contributed by atoms with Crippen molar-refractivity contribution in [2.75, 3.05) is 26.2 Å². The maximum atomic E-state index is 12.7. The summed E-state index contributed by atoms with van der Waals surface area (Å²) < 4.78 is 1.35. The summed E-state index contributed by atoms with van der Waals surface area (Å²) in [6.45, 7) is 5.13. The molecule has 2 aliphatic rings. The molecule has 0 saturated carbocycles. The Hall–Kier alpha value is -2.18. The summed E-state index contributed by atoms with van der Waals surface area (Å²) in [7, 11) is 0. The monoisotopic (exact) mass is 360 g/mol. The third-order valence-electron chi connectivity index (χ3n) is 5.63. The topological polar surface area (TPSA) is 75.5 Å². The number of aromatic nitrogens is 2. The van der Waals surface area contributed by atoms with Crippen molar-refractivity contribution in [2.45, 2.75) is 52.0 Å². The van der Waals surface area contributed by atoms with E-state index in [1.807, 2.05) is 9.80 Å². The quantitative estimate of drug-likeness (QED) is 0.793. The van der Waals surface area contributed by atoms with Gasteiger partial charge in [-0.3, -0.25) is 14.2 Å². The van der Waals surface area contributed by atoms with E-state index in [2.05, 4.69) is 11.9 Å². The van der Waals surface area contributed by atoms with E-state index in [1.165, 1.54) is 10.8 Å². The van der Waals surface area contributed by atoms with E-state index in [-0.39, 0.29) is 23.8 Å². The molecule has 142 valence electrons. The van der Waals surface area contributed by atoms with Crippen LogP contribution in [0.3, 0.4) is 0 Å². The summed E-state index contributed by atoms with van der Waals surface area (Å²) in [5.41, 5.74) is -0.392. The number of hydrogen-bond acceptors (Lipinski definition) is 4. The lowest BCUT2D eigenvalue weighted by atomic mass is 9.73. The van der Waals surface area contributed by atoms with Gasteiger partial charge in [0.2, 0.25) is 11.8 Å². The molecule has 1 unspecified atom stereocenters. The van der Waals surface area contributed by atoms with Gasteiger partial charge in [-0.05, 0) is 31.7 Å². The molecule has 0 N–H and O–H groups in total. The molecule has 0 aromatic carbocycles. The van der Waals surface area contributed by atoms with Gasteiger partial charge in [0.15, 0.2) is 0 Å². The van der Waals surface area contributed by atoms with Crippen LogP contribution < -0.4 is 5.69 Å². The van der Waals surface area contributed by atoms with E-state index >= 15 is 0 Å². The first-order valence-corrected chi connectivity index (χ1v) is 9.60. The lowest BCUT2D eigenvalue weighted by Gasteiger charge is -2.48. The van der Waals surface area contributed by atoms with Crippen LogP contribution >= 0.6 is 0 Å². The second-order valence-corrected chi connectivity index (χ2v) is 7.62. The molecular weight excluding hydrogens is 332 g/mol. The molecule has 1 aromatic rings. The van der Waals surface area contributed by atoms with E-state index < -0.39 is 5.69 Å². The minimum atomic E-state index is -0.401. The van der Waals surface area contributed by atoms with Crippen LogP contribution in [0, 0.1) is 5.41 Å². The highest BCUT2D eigenvalue weighted by Gasteiger charge is 2.42. The van der Waals surface area contributed by atoms with Gasteiger partial charge in [-0.25, -0.2) is 9.78 Å². The van der Waals surface area contributed by atoms with E-state index in [0.29, 0.717) is 13.0 Å². The summed E-state index contributed by atoms with van der Waals surface area (Å²) in [6, 6.07) is 1.66. The fraction of sp³-hybridized carbons (Fsp3) is 0.684. The Morgan fingerprint density at radius 2 is 2.12 bits per heavy atom. The van der Waals surface area contributed by atoms with Gasteiger partial charge in [0.05, 0.1) is 0 Å². The maximum absolute atomic E-state index is 12.7. The van der Waals surface area contributed by atoms with Crippen LogP contribution in [0.5, 0.6) is 0 Å². The highest BCUT2D eigenvalue weighted by molar-refractivity contribution is 5.78. The van der Waals surface area contributed by atoms with Crippen molar-refractivity contribution >= 4 is 11.8 Å². The van der Waals surface area contributed by atoms with Crippen molar-refractivity contribution in [1.82, 2.24) is 19.4 Å². The molecule has 3 rings (SSSR count). The molecule has 26 heavy (non-hydrogen) atoms. The normalized spacial score (nSPS) is 23.5. The average Bonchev–Trinajstić information content (AvgIpc) is 2.65. The third kappa shape index (κ3) is 4.14. The number of carbonyl (C=O) groups is 2. The molecule has 1 spiro atoms. The molecular formula is C19H28N4O3. The van der Waals surface area contributed by atoms with Gasteiger partial charge in [-0.15, -0.1) is 0 Å². The molecule has 0 radical (unpaired) electrons. The standard InChI is InChI=1S/C19H28N4O3/c1-2-3-10-22-14-19(8-6-16(22)24)7-4-11-23(15-19)17(25)13-21-12-5-9-20-18(21)26/h5,9,12H,2-4,6-8,10-11,13-15H2,1H3. The van der Waals surface area contributed by atoms with Gasteiger partial charge >= 0.3 is 5.69 Å². The second-order valence-electron chi connectivity index (χ2n) is 7.62. The number of rotatable bonds is 5. The molecule has 2 saturated heterocycles. The zero-order chi connectivity index (χ0) is 18.6. The maximum Gasteiger partial charge on any atom is 0.347 e. The third-order valence-corrected chi connectivity index (χ3v) is 5.63. The molecule has 2 fully saturated rings. The smallest absolute Gasteiger partial charge is 0.342 e. The summed E-state index contributed by atoms with van der Waals surface area (Å²) in [4.78, 5) is 44.3. The highest BCUT2D eigenvalue weighted by atomic mass is 16.2. The van der Waals surface area contributed by atoms with E-state index in [4.69, 9.17) is 0 Å². The van der Waals surface area contributed by atoms with Crippen LogP contribution in [-0.2, 0) is 16.1 Å². The number of likely N-dealkylation sites (tertiary alicyclic amines) is 2. The Kier molecular flexibility index (Phi) is 5.74. The summed E-state index contributed by atoms with van der Waals surface area (Å²) >= 11 is 0. The van der Waals surface area contributed by atoms with E-state index in [1.54, 1.807) is 12.3 Å². The zero-order valence-electron chi connectivity index (χ0n) is 15.5. The van der Waals surface area contributed by atoms with Gasteiger partial charge < -0.3 is 9.80 Å². The van der Waals surface area contributed by atoms with Crippen LogP contribution in [0.4, 0.5) is 0 Å². The largest absolute Gasteiger partial charge is 0.347 e. The Bertz CT molecular complexity index is 717. The molecule has 0 bridgehead atoms. The minimum absolute atomic E-state index is 0.00939. The zero-order valence-corrected chi connectivity index (χ0v) is 15.5. The molecule has 0 aliphatic carbocycles. The fourth-order valence-electron chi connectivity index (χ4n) is 4.16. The molecule has 2 amide bonds. The minimum Gasteiger partial charge on any atom is -0.342 e. The Morgan fingerprint density at radius 1 is 1.27 bits per heavy atom. The number of nitrogens with zero attached hydrogens (tertiary/aromatic N) is 4. The van der Waals surface area contributed by atoms with Gasteiger partial charge in [-0.1, -0.05) is 13.3 Å². The van der Waals surface area contributed by atoms with Crippen molar-refractivity contribution in [1.29, 1.82) is 0 Å². The predicted molar refractivity (Wildman–Crippen MR) is 97.5 cm³/mol. The number of piperidine rings is 2. The van der Waals surface area contributed by atoms with Crippen LogP contribution in [0.25, 0.3) is 0 Å². The first-order valence-electron chi connectivity index (χ1n) is 9.60. The highest BCUT2D eigenvalue weighted by Crippen LogP contribution is 2.39. The van der Waals surface area contributed by atoms with Gasteiger partial charge in [-0.2, -0.15) is 0 Å². The first-order chi connectivity index (χ1) is 12.5. The lowest BCUT2D eigenvalue weighted by molar-refractivity contribution is -0.143. The number of carbonyl (C=O) groups excluding carboxylic acids is 2. The van der Waals surface area contributed by atoms with Crippen molar-refractivity contribution in [2.24, 2.45) is 5.41 Å². The van der Waals surface area contributed by atoms with Crippen LogP contribution in [0.15, 0.2) is 23.3 Å². The lowest BCUT2D eigenvalue weighted by Crippen LogP contribution is -2.55. The number of hydrogen-bond donors (Lipinski definition) is 0. The van der Waals surface area contributed by atoms with Crippen molar-refractivity contribution in [3.05, 3.63) is 28.9 Å². The molecule has 2 aliphatic heterocycles. The van der Waals surface area contributed by atoms with Crippen LogP contribution in [0.2, 0.25) is 0 Å². The summed E-state index contributed by atoms with van der Waals surface area (Å²) in [6.07, 6.45) is 8.55. The summed E-state index contributed by atoms with van der Waals surface area (Å²) in [5.74, 6) is 0.200. The van der Waals surface area contributed by atoms with Gasteiger partial charge in [0, 0.05) is 50.4 Å². The Labute approximate surface area is 154 Å². The Balaban J connectivity index is 1.66. The molecule has 7 nitrogen and oxygen atoms in total.